The SMILES string of the molecule is CN=C(NCCOc1cccc(Br)c1)NCc1ccccn1. The van der Waals surface area contributed by atoms with Crippen molar-refractivity contribution in [2.45, 2.75) is 6.54 Å². The van der Waals surface area contributed by atoms with E-state index in [0.29, 0.717) is 19.7 Å². The first-order valence-electron chi connectivity index (χ1n) is 7.01. The van der Waals surface area contributed by atoms with Gasteiger partial charge < -0.3 is 15.4 Å². The lowest BCUT2D eigenvalue weighted by Gasteiger charge is -2.12. The van der Waals surface area contributed by atoms with E-state index >= 15 is 0 Å². The van der Waals surface area contributed by atoms with E-state index in [1.807, 2.05) is 42.5 Å². The van der Waals surface area contributed by atoms with Crippen molar-refractivity contribution in [3.8, 4) is 5.75 Å². The number of guanidine groups is 1. The van der Waals surface area contributed by atoms with Crippen LogP contribution in [0.4, 0.5) is 0 Å². The number of ether oxygens (including phenoxy) is 1. The van der Waals surface area contributed by atoms with Gasteiger partial charge in [-0.3, -0.25) is 9.98 Å². The van der Waals surface area contributed by atoms with Gasteiger partial charge in [-0.1, -0.05) is 28.1 Å². The van der Waals surface area contributed by atoms with Crippen LogP contribution < -0.4 is 15.4 Å². The minimum absolute atomic E-state index is 0.556. The normalized spacial score (nSPS) is 11.1. The van der Waals surface area contributed by atoms with Crippen LogP contribution in [0, 0.1) is 0 Å². The predicted octanol–water partition coefficient (Wildman–Crippen LogP) is 2.59. The molecule has 0 radical (unpaired) electrons. The van der Waals surface area contributed by atoms with Crippen LogP contribution in [0.5, 0.6) is 5.75 Å². The van der Waals surface area contributed by atoms with Crippen molar-refractivity contribution in [2.75, 3.05) is 20.2 Å². The highest BCUT2D eigenvalue weighted by Gasteiger charge is 1.99. The van der Waals surface area contributed by atoms with Crippen molar-refractivity contribution in [2.24, 2.45) is 4.99 Å². The molecule has 1 aromatic heterocycles. The molecule has 5 nitrogen and oxygen atoms in total. The van der Waals surface area contributed by atoms with Gasteiger partial charge in [0.05, 0.1) is 18.8 Å². The molecule has 0 spiro atoms. The smallest absolute Gasteiger partial charge is 0.191 e. The number of aromatic nitrogens is 1. The summed E-state index contributed by atoms with van der Waals surface area (Å²) in [5.74, 6) is 1.57. The number of halogens is 1. The lowest BCUT2D eigenvalue weighted by atomic mass is 10.3. The molecular formula is C16H19BrN4O. The lowest BCUT2D eigenvalue weighted by Crippen LogP contribution is -2.39. The highest BCUT2D eigenvalue weighted by molar-refractivity contribution is 9.10. The Hall–Kier alpha value is -2.08. The molecule has 0 atom stereocenters. The molecule has 0 bridgehead atoms. The number of rotatable bonds is 6. The third kappa shape index (κ3) is 5.73. The monoisotopic (exact) mass is 362 g/mol. The van der Waals surface area contributed by atoms with E-state index in [1.165, 1.54) is 0 Å². The maximum Gasteiger partial charge on any atom is 0.191 e. The average molecular weight is 363 g/mol. The number of hydrogen-bond acceptors (Lipinski definition) is 3. The van der Waals surface area contributed by atoms with Crippen LogP contribution in [0.15, 0.2) is 58.1 Å². The standard InChI is InChI=1S/C16H19BrN4O/c1-18-16(21-12-14-6-2-3-8-19-14)20-9-10-22-15-7-4-5-13(17)11-15/h2-8,11H,9-10,12H2,1H3,(H2,18,20,21). The minimum atomic E-state index is 0.556. The number of nitrogens with one attached hydrogen (secondary N) is 2. The van der Waals surface area contributed by atoms with Crippen molar-refractivity contribution in [3.63, 3.8) is 0 Å². The van der Waals surface area contributed by atoms with Gasteiger partial charge in [-0.25, -0.2) is 0 Å². The van der Waals surface area contributed by atoms with Crippen LogP contribution in [0.2, 0.25) is 0 Å². The highest BCUT2D eigenvalue weighted by Crippen LogP contribution is 2.17. The second kappa shape index (κ2) is 9.04. The summed E-state index contributed by atoms with van der Waals surface area (Å²) >= 11 is 3.42. The fraction of sp³-hybridized carbons (Fsp3) is 0.250. The average Bonchev–Trinajstić information content (AvgIpc) is 2.55. The summed E-state index contributed by atoms with van der Waals surface area (Å²) in [7, 11) is 1.74. The molecular weight excluding hydrogens is 344 g/mol. The number of pyridine rings is 1. The second-order valence-corrected chi connectivity index (χ2v) is 5.40. The molecule has 2 aromatic rings. The zero-order chi connectivity index (χ0) is 15.6. The van der Waals surface area contributed by atoms with Crippen LogP contribution in [-0.2, 0) is 6.54 Å². The quantitative estimate of drug-likeness (QED) is 0.471. The van der Waals surface area contributed by atoms with Gasteiger partial charge in [-0.15, -0.1) is 0 Å². The molecule has 0 amide bonds. The predicted molar refractivity (Wildman–Crippen MR) is 92.1 cm³/mol. The molecule has 0 aliphatic heterocycles. The maximum atomic E-state index is 5.66. The minimum Gasteiger partial charge on any atom is -0.492 e. The third-order valence-electron chi connectivity index (χ3n) is 2.85. The largest absolute Gasteiger partial charge is 0.492 e. The molecule has 0 saturated carbocycles. The fourth-order valence-electron chi connectivity index (χ4n) is 1.79. The summed E-state index contributed by atoms with van der Waals surface area (Å²) in [5, 5.41) is 6.41. The fourth-order valence-corrected chi connectivity index (χ4v) is 2.17. The number of nitrogens with zero attached hydrogens (tertiary/aromatic N) is 2. The topological polar surface area (TPSA) is 58.5 Å². The number of benzene rings is 1. The molecule has 22 heavy (non-hydrogen) atoms. The van der Waals surface area contributed by atoms with Crippen molar-refractivity contribution in [1.82, 2.24) is 15.6 Å². The molecule has 0 saturated heterocycles. The van der Waals surface area contributed by atoms with Crippen LogP contribution >= 0.6 is 15.9 Å². The maximum absolute atomic E-state index is 5.66. The van der Waals surface area contributed by atoms with Gasteiger partial charge in [0, 0.05) is 17.7 Å². The molecule has 116 valence electrons. The lowest BCUT2D eigenvalue weighted by molar-refractivity contribution is 0.321. The Kier molecular flexibility index (Phi) is 6.70. The van der Waals surface area contributed by atoms with E-state index in [0.717, 1.165) is 21.9 Å². The van der Waals surface area contributed by atoms with Gasteiger partial charge in [0.1, 0.15) is 12.4 Å². The van der Waals surface area contributed by atoms with Crippen LogP contribution in [0.1, 0.15) is 5.69 Å². The molecule has 6 heteroatoms. The van der Waals surface area contributed by atoms with Crippen LogP contribution in [0.25, 0.3) is 0 Å². The van der Waals surface area contributed by atoms with E-state index in [1.54, 1.807) is 13.2 Å². The molecule has 2 N–H and O–H groups in total. The first-order chi connectivity index (χ1) is 10.8. The van der Waals surface area contributed by atoms with E-state index in [2.05, 4.69) is 36.5 Å². The third-order valence-corrected chi connectivity index (χ3v) is 3.34. The van der Waals surface area contributed by atoms with Crippen LogP contribution in [-0.4, -0.2) is 31.1 Å². The summed E-state index contributed by atoms with van der Waals surface area (Å²) in [6.07, 6.45) is 1.78. The first kappa shape index (κ1) is 16.3. The van der Waals surface area contributed by atoms with Crippen LogP contribution in [0.3, 0.4) is 0 Å². The summed E-state index contributed by atoms with van der Waals surface area (Å²) in [6, 6.07) is 13.6. The van der Waals surface area contributed by atoms with E-state index in [-0.39, 0.29) is 0 Å². The molecule has 0 unspecified atom stereocenters. The number of aliphatic imine (C=N–C) groups is 1. The van der Waals surface area contributed by atoms with Gasteiger partial charge >= 0.3 is 0 Å². The second-order valence-electron chi connectivity index (χ2n) is 4.48. The Morgan fingerprint density at radius 2 is 2.14 bits per heavy atom. The Bertz CT molecular complexity index is 604. The van der Waals surface area contributed by atoms with E-state index < -0.39 is 0 Å². The van der Waals surface area contributed by atoms with E-state index in [9.17, 15) is 0 Å². The highest BCUT2D eigenvalue weighted by atomic mass is 79.9. The molecule has 1 aromatic carbocycles. The van der Waals surface area contributed by atoms with Gasteiger partial charge in [-0.05, 0) is 30.3 Å². The summed E-state index contributed by atoms with van der Waals surface area (Å²) in [6.45, 7) is 1.85. The zero-order valence-corrected chi connectivity index (χ0v) is 14.0. The molecule has 1 heterocycles. The van der Waals surface area contributed by atoms with Gasteiger partial charge in [0.15, 0.2) is 5.96 Å². The summed E-state index contributed by atoms with van der Waals surface area (Å²) in [5.41, 5.74) is 0.968. The summed E-state index contributed by atoms with van der Waals surface area (Å²) in [4.78, 5) is 8.42. The van der Waals surface area contributed by atoms with Gasteiger partial charge in [0.2, 0.25) is 0 Å². The number of hydrogen-bond donors (Lipinski definition) is 2. The van der Waals surface area contributed by atoms with Crippen molar-refractivity contribution in [1.29, 1.82) is 0 Å². The Balaban J connectivity index is 1.68. The van der Waals surface area contributed by atoms with Crippen molar-refractivity contribution < 1.29 is 4.74 Å². The zero-order valence-electron chi connectivity index (χ0n) is 12.4. The van der Waals surface area contributed by atoms with E-state index in [4.69, 9.17) is 4.74 Å². The van der Waals surface area contributed by atoms with Gasteiger partial charge in [-0.2, -0.15) is 0 Å². The first-order valence-corrected chi connectivity index (χ1v) is 7.80. The van der Waals surface area contributed by atoms with Crippen molar-refractivity contribution in [3.05, 3.63) is 58.8 Å². The Morgan fingerprint density at radius 3 is 2.86 bits per heavy atom. The molecule has 0 aliphatic rings. The van der Waals surface area contributed by atoms with Crippen molar-refractivity contribution >= 4 is 21.9 Å². The molecule has 0 aliphatic carbocycles. The Labute approximate surface area is 139 Å². The molecule has 2 rings (SSSR count). The Morgan fingerprint density at radius 1 is 1.23 bits per heavy atom. The summed E-state index contributed by atoms with van der Waals surface area (Å²) < 4.78 is 6.66. The van der Waals surface area contributed by atoms with Gasteiger partial charge in [0.25, 0.3) is 0 Å². The molecule has 0 fully saturated rings.